The first-order valence-electron chi connectivity index (χ1n) is 6.56. The fraction of sp³-hybridized carbons (Fsp3) is 0.769. The van der Waals surface area contributed by atoms with Crippen LogP contribution in [0, 0.1) is 0 Å². The first kappa shape index (κ1) is 13.9. The van der Waals surface area contributed by atoms with Crippen molar-refractivity contribution >= 4 is 11.3 Å². The second-order valence-corrected chi connectivity index (χ2v) is 5.80. The van der Waals surface area contributed by atoms with Crippen LogP contribution in [0.15, 0.2) is 0 Å². The Morgan fingerprint density at radius 1 is 1.50 bits per heavy atom. The first-order valence-corrected chi connectivity index (χ1v) is 7.37. The van der Waals surface area contributed by atoms with E-state index in [1.54, 1.807) is 18.4 Å². The van der Waals surface area contributed by atoms with Crippen molar-refractivity contribution in [3.8, 4) is 0 Å². The van der Waals surface area contributed by atoms with Gasteiger partial charge in [-0.2, -0.15) is 0 Å². The third kappa shape index (κ3) is 3.75. The maximum absolute atomic E-state index is 5.77. The summed E-state index contributed by atoms with van der Waals surface area (Å²) in [5.41, 5.74) is 1.07. The Kier molecular flexibility index (Phi) is 5.56. The van der Waals surface area contributed by atoms with E-state index in [9.17, 15) is 0 Å². The average Bonchev–Trinajstić information content (AvgIpc) is 2.74. The van der Waals surface area contributed by atoms with Crippen LogP contribution in [-0.4, -0.2) is 31.9 Å². The van der Waals surface area contributed by atoms with E-state index in [0.717, 1.165) is 25.3 Å². The Balaban J connectivity index is 2.00. The number of methoxy groups -OCH3 is 1. The molecule has 1 aliphatic heterocycles. The monoisotopic (exact) mass is 270 g/mol. The number of thiazole rings is 1. The molecule has 2 heterocycles. The molecule has 1 atom stereocenters. The van der Waals surface area contributed by atoms with Gasteiger partial charge in [-0.15, -0.1) is 11.3 Å². The zero-order chi connectivity index (χ0) is 12.8. The minimum atomic E-state index is 0.364. The standard InChI is InChI=1S/C13H22N2O2S/c1-14-8-12-11(9-16-2)15-13(18-12)7-10-5-3-4-6-17-10/h10,14H,3-9H2,1-2H3. The van der Waals surface area contributed by atoms with Crippen LogP contribution < -0.4 is 5.32 Å². The Morgan fingerprint density at radius 3 is 3.06 bits per heavy atom. The topological polar surface area (TPSA) is 43.4 Å². The second-order valence-electron chi connectivity index (χ2n) is 4.63. The molecule has 1 aromatic rings. The van der Waals surface area contributed by atoms with E-state index in [-0.39, 0.29) is 0 Å². The smallest absolute Gasteiger partial charge is 0.0958 e. The van der Waals surface area contributed by atoms with Crippen molar-refractivity contribution in [2.24, 2.45) is 0 Å². The molecule has 1 N–H and O–H groups in total. The summed E-state index contributed by atoms with van der Waals surface area (Å²) < 4.78 is 11.0. The number of hydrogen-bond donors (Lipinski definition) is 1. The summed E-state index contributed by atoms with van der Waals surface area (Å²) in [6, 6.07) is 0. The molecule has 0 spiro atoms. The van der Waals surface area contributed by atoms with Gasteiger partial charge in [0.2, 0.25) is 0 Å². The molecule has 0 saturated carbocycles. The third-order valence-electron chi connectivity index (χ3n) is 3.12. The minimum Gasteiger partial charge on any atom is -0.378 e. The summed E-state index contributed by atoms with van der Waals surface area (Å²) in [5.74, 6) is 0. The van der Waals surface area contributed by atoms with Crippen LogP contribution >= 0.6 is 11.3 Å². The molecular weight excluding hydrogens is 248 g/mol. The number of rotatable bonds is 6. The maximum atomic E-state index is 5.77. The first-order chi connectivity index (χ1) is 8.83. The zero-order valence-electron chi connectivity index (χ0n) is 11.2. The van der Waals surface area contributed by atoms with Gasteiger partial charge in [0.05, 0.1) is 23.4 Å². The highest BCUT2D eigenvalue weighted by molar-refractivity contribution is 7.11. The zero-order valence-corrected chi connectivity index (χ0v) is 12.0. The van der Waals surface area contributed by atoms with Gasteiger partial charge in [-0.25, -0.2) is 4.98 Å². The number of ether oxygens (including phenoxy) is 2. The van der Waals surface area contributed by atoms with Crippen LogP contribution in [-0.2, 0) is 29.0 Å². The lowest BCUT2D eigenvalue weighted by atomic mass is 10.1. The summed E-state index contributed by atoms with van der Waals surface area (Å²) in [5, 5.41) is 4.36. The van der Waals surface area contributed by atoms with E-state index in [1.165, 1.54) is 29.1 Å². The number of nitrogens with one attached hydrogen (secondary N) is 1. The second kappa shape index (κ2) is 7.19. The molecule has 1 aliphatic rings. The van der Waals surface area contributed by atoms with Gasteiger partial charge in [-0.1, -0.05) is 0 Å². The van der Waals surface area contributed by atoms with E-state index >= 15 is 0 Å². The van der Waals surface area contributed by atoms with E-state index in [4.69, 9.17) is 9.47 Å². The molecule has 0 aromatic carbocycles. The SMILES string of the molecule is CNCc1sc(CC2CCCCO2)nc1COC. The average molecular weight is 270 g/mol. The summed E-state index contributed by atoms with van der Waals surface area (Å²) in [4.78, 5) is 5.97. The lowest BCUT2D eigenvalue weighted by Gasteiger charge is -2.21. The van der Waals surface area contributed by atoms with Gasteiger partial charge in [-0.05, 0) is 26.3 Å². The van der Waals surface area contributed by atoms with Gasteiger partial charge in [0.15, 0.2) is 0 Å². The van der Waals surface area contributed by atoms with Crippen molar-refractivity contribution in [3.05, 3.63) is 15.6 Å². The molecule has 102 valence electrons. The Labute approximate surface area is 113 Å². The third-order valence-corrected chi connectivity index (χ3v) is 4.24. The summed E-state index contributed by atoms with van der Waals surface area (Å²) in [6.45, 7) is 2.37. The molecule has 0 radical (unpaired) electrons. The van der Waals surface area contributed by atoms with Crippen LogP contribution in [0.25, 0.3) is 0 Å². The number of aromatic nitrogens is 1. The molecular formula is C13H22N2O2S. The van der Waals surface area contributed by atoms with Crippen molar-refractivity contribution in [1.29, 1.82) is 0 Å². The molecule has 0 amide bonds. The Bertz CT molecular complexity index is 338. The maximum Gasteiger partial charge on any atom is 0.0958 e. The van der Waals surface area contributed by atoms with Crippen molar-refractivity contribution in [1.82, 2.24) is 10.3 Å². The van der Waals surface area contributed by atoms with Gasteiger partial charge < -0.3 is 14.8 Å². The van der Waals surface area contributed by atoms with E-state index < -0.39 is 0 Å². The minimum absolute atomic E-state index is 0.364. The van der Waals surface area contributed by atoms with Crippen LogP contribution in [0.5, 0.6) is 0 Å². The van der Waals surface area contributed by atoms with Crippen molar-refractivity contribution in [3.63, 3.8) is 0 Å². The van der Waals surface area contributed by atoms with Crippen LogP contribution in [0.4, 0.5) is 0 Å². The highest BCUT2D eigenvalue weighted by Crippen LogP contribution is 2.24. The number of hydrogen-bond acceptors (Lipinski definition) is 5. The highest BCUT2D eigenvalue weighted by atomic mass is 32.1. The Morgan fingerprint density at radius 2 is 2.39 bits per heavy atom. The van der Waals surface area contributed by atoms with Gasteiger partial charge in [0.1, 0.15) is 0 Å². The largest absolute Gasteiger partial charge is 0.378 e. The lowest BCUT2D eigenvalue weighted by molar-refractivity contribution is 0.0167. The molecule has 0 aliphatic carbocycles. The molecule has 2 rings (SSSR count). The quantitative estimate of drug-likeness (QED) is 0.860. The van der Waals surface area contributed by atoms with Gasteiger partial charge >= 0.3 is 0 Å². The van der Waals surface area contributed by atoms with Crippen LogP contribution in [0.1, 0.15) is 34.8 Å². The highest BCUT2D eigenvalue weighted by Gasteiger charge is 2.18. The van der Waals surface area contributed by atoms with E-state index in [1.807, 2.05) is 7.05 Å². The van der Waals surface area contributed by atoms with Crippen molar-refractivity contribution in [2.45, 2.75) is 44.9 Å². The molecule has 1 fully saturated rings. The van der Waals surface area contributed by atoms with E-state index in [0.29, 0.717) is 12.7 Å². The van der Waals surface area contributed by atoms with E-state index in [2.05, 4.69) is 10.3 Å². The fourth-order valence-corrected chi connectivity index (χ4v) is 3.38. The molecule has 1 unspecified atom stereocenters. The van der Waals surface area contributed by atoms with Crippen LogP contribution in [0.2, 0.25) is 0 Å². The van der Waals surface area contributed by atoms with Gasteiger partial charge in [0, 0.05) is 31.6 Å². The molecule has 5 heteroatoms. The van der Waals surface area contributed by atoms with Crippen LogP contribution in [0.3, 0.4) is 0 Å². The molecule has 1 saturated heterocycles. The fourth-order valence-electron chi connectivity index (χ4n) is 2.24. The number of nitrogens with zero attached hydrogens (tertiary/aromatic N) is 1. The van der Waals surface area contributed by atoms with Gasteiger partial charge in [0.25, 0.3) is 0 Å². The predicted molar refractivity (Wildman–Crippen MR) is 72.9 cm³/mol. The molecule has 4 nitrogen and oxygen atoms in total. The molecule has 1 aromatic heterocycles. The van der Waals surface area contributed by atoms with Crippen molar-refractivity contribution < 1.29 is 9.47 Å². The summed E-state index contributed by atoms with van der Waals surface area (Å²) in [7, 11) is 3.67. The van der Waals surface area contributed by atoms with Crippen molar-refractivity contribution in [2.75, 3.05) is 20.8 Å². The summed E-state index contributed by atoms with van der Waals surface area (Å²) in [6.07, 6.45) is 4.97. The predicted octanol–water partition coefficient (Wildman–Crippen LogP) is 2.12. The lowest BCUT2D eigenvalue weighted by Crippen LogP contribution is -2.21. The summed E-state index contributed by atoms with van der Waals surface area (Å²) >= 11 is 1.78. The van der Waals surface area contributed by atoms with Gasteiger partial charge in [-0.3, -0.25) is 0 Å². The Hall–Kier alpha value is -0.490. The normalized spacial score (nSPS) is 20.2. The molecule has 0 bridgehead atoms. The molecule has 18 heavy (non-hydrogen) atoms.